The number of carbonyl (C=O) groups is 2. The van der Waals surface area contributed by atoms with Crippen LogP contribution in [0.1, 0.15) is 46.3 Å². The number of benzene rings is 3. The molecule has 3 rings (SSSR count). The summed E-state index contributed by atoms with van der Waals surface area (Å²) in [5.41, 5.74) is 1.46. The molecule has 0 aliphatic heterocycles. The summed E-state index contributed by atoms with van der Waals surface area (Å²) in [6.45, 7) is 4.64. The van der Waals surface area contributed by atoms with Crippen molar-refractivity contribution in [1.82, 2.24) is 10.6 Å². The van der Waals surface area contributed by atoms with Crippen LogP contribution in [0.2, 0.25) is 0 Å². The van der Waals surface area contributed by atoms with E-state index in [2.05, 4.69) is 24.5 Å². The molecule has 0 atom stereocenters. The minimum atomic E-state index is -0.845. The number of rotatable bonds is 11. The fourth-order valence-corrected chi connectivity index (χ4v) is 3.36. The Morgan fingerprint density at radius 3 is 1.61 bits per heavy atom. The maximum absolute atomic E-state index is 13.1. The molecule has 0 fully saturated rings. The molecule has 0 aliphatic rings. The Hall–Kier alpha value is -4.20. The van der Waals surface area contributed by atoms with Crippen molar-refractivity contribution >= 4 is 11.8 Å². The molecule has 0 saturated carbocycles. The number of amides is 2. The molecule has 3 aromatic carbocycles. The van der Waals surface area contributed by atoms with Gasteiger partial charge in [0, 0.05) is 11.1 Å². The Bertz CT molecular complexity index is 1100. The first kappa shape index (κ1) is 26.4. The van der Waals surface area contributed by atoms with Crippen molar-refractivity contribution in [2.24, 2.45) is 5.92 Å². The van der Waals surface area contributed by atoms with Crippen LogP contribution in [0.3, 0.4) is 0 Å². The Kier molecular flexibility index (Phi) is 9.16. The van der Waals surface area contributed by atoms with Gasteiger partial charge in [0.25, 0.3) is 11.8 Å². The average Bonchev–Trinajstić information content (AvgIpc) is 2.91. The van der Waals surface area contributed by atoms with Crippen LogP contribution in [0, 0.1) is 5.92 Å². The third-order valence-corrected chi connectivity index (χ3v) is 5.35. The van der Waals surface area contributed by atoms with Gasteiger partial charge in [-0.05, 0) is 72.1 Å². The van der Waals surface area contributed by atoms with Gasteiger partial charge < -0.3 is 29.6 Å². The van der Waals surface area contributed by atoms with Gasteiger partial charge in [-0.15, -0.1) is 0 Å². The van der Waals surface area contributed by atoms with Crippen LogP contribution in [0.25, 0.3) is 0 Å². The van der Waals surface area contributed by atoms with Crippen molar-refractivity contribution in [3.63, 3.8) is 0 Å². The highest BCUT2D eigenvalue weighted by Crippen LogP contribution is 2.30. The normalized spacial score (nSPS) is 10.6. The maximum Gasteiger partial charge on any atom is 0.253 e. The van der Waals surface area contributed by atoms with Gasteiger partial charge in [-0.3, -0.25) is 9.59 Å². The minimum absolute atomic E-state index is 0.342. The standard InChI is InChI=1S/C28H32N2O6/c1-18(2)17-36-24-15-10-21(16-25(24)35-5)26(29-27(31)19-6-11-22(33-3)12-7-19)30-28(32)20-8-13-23(34-4)14-9-20/h6-16,18,26H,17H2,1-5H3,(H,29,31)(H,30,32). The van der Waals surface area contributed by atoms with Crippen molar-refractivity contribution in [3.05, 3.63) is 83.4 Å². The SMILES string of the molecule is COc1ccc(C(=O)NC(NC(=O)c2ccc(OC)cc2)c2ccc(OCC(C)C)c(OC)c2)cc1. The van der Waals surface area contributed by atoms with Gasteiger partial charge in [-0.1, -0.05) is 19.9 Å². The van der Waals surface area contributed by atoms with E-state index in [9.17, 15) is 9.59 Å². The highest BCUT2D eigenvalue weighted by Gasteiger charge is 2.21. The van der Waals surface area contributed by atoms with Crippen molar-refractivity contribution in [2.45, 2.75) is 20.0 Å². The van der Waals surface area contributed by atoms with E-state index in [1.807, 2.05) is 0 Å². The van der Waals surface area contributed by atoms with Gasteiger partial charge in [0.1, 0.15) is 17.7 Å². The Balaban J connectivity index is 1.89. The van der Waals surface area contributed by atoms with Gasteiger partial charge in [-0.25, -0.2) is 0 Å². The van der Waals surface area contributed by atoms with E-state index in [0.717, 1.165) is 0 Å². The highest BCUT2D eigenvalue weighted by atomic mass is 16.5. The van der Waals surface area contributed by atoms with Crippen LogP contribution in [0.4, 0.5) is 0 Å². The van der Waals surface area contributed by atoms with Crippen molar-refractivity contribution in [2.75, 3.05) is 27.9 Å². The largest absolute Gasteiger partial charge is 0.497 e. The van der Waals surface area contributed by atoms with Crippen LogP contribution in [0.5, 0.6) is 23.0 Å². The first-order valence-electron chi connectivity index (χ1n) is 11.5. The number of ether oxygens (including phenoxy) is 4. The van der Waals surface area contributed by atoms with Gasteiger partial charge >= 0.3 is 0 Å². The molecular weight excluding hydrogens is 460 g/mol. The predicted molar refractivity (Wildman–Crippen MR) is 137 cm³/mol. The molecule has 8 heteroatoms. The molecule has 2 amide bonds. The van der Waals surface area contributed by atoms with Crippen molar-refractivity contribution < 1.29 is 28.5 Å². The molecule has 0 aliphatic carbocycles. The lowest BCUT2D eigenvalue weighted by Gasteiger charge is -2.22. The fraction of sp³-hybridized carbons (Fsp3) is 0.286. The van der Waals surface area contributed by atoms with Crippen LogP contribution in [-0.4, -0.2) is 39.8 Å². The first-order valence-corrected chi connectivity index (χ1v) is 11.5. The summed E-state index contributed by atoms with van der Waals surface area (Å²) < 4.78 is 21.7. The summed E-state index contributed by atoms with van der Waals surface area (Å²) in [4.78, 5) is 26.1. The van der Waals surface area contributed by atoms with E-state index in [-0.39, 0.29) is 11.8 Å². The average molecular weight is 493 g/mol. The number of hydrogen-bond donors (Lipinski definition) is 2. The molecule has 8 nitrogen and oxygen atoms in total. The Morgan fingerprint density at radius 1 is 0.694 bits per heavy atom. The first-order chi connectivity index (χ1) is 17.3. The summed E-state index contributed by atoms with van der Waals surface area (Å²) in [5.74, 6) is 1.96. The number of hydrogen-bond acceptors (Lipinski definition) is 6. The lowest BCUT2D eigenvalue weighted by Crippen LogP contribution is -2.41. The predicted octanol–water partition coefficient (Wildman–Crippen LogP) is 4.61. The van der Waals surface area contributed by atoms with Crippen molar-refractivity contribution in [1.29, 1.82) is 0 Å². The molecule has 0 bridgehead atoms. The molecule has 0 radical (unpaired) electrons. The van der Waals surface area contributed by atoms with E-state index in [0.29, 0.717) is 52.2 Å². The summed E-state index contributed by atoms with van der Waals surface area (Å²) in [6, 6.07) is 18.7. The third kappa shape index (κ3) is 6.91. The van der Waals surface area contributed by atoms with Gasteiger partial charge in [-0.2, -0.15) is 0 Å². The number of nitrogens with one attached hydrogen (secondary N) is 2. The zero-order valence-corrected chi connectivity index (χ0v) is 21.2. The summed E-state index contributed by atoms with van der Waals surface area (Å²) in [6.07, 6.45) is -0.845. The van der Waals surface area contributed by atoms with E-state index in [1.54, 1.807) is 88.1 Å². The van der Waals surface area contributed by atoms with E-state index >= 15 is 0 Å². The molecule has 36 heavy (non-hydrogen) atoms. The molecule has 0 saturated heterocycles. The van der Waals surface area contributed by atoms with E-state index in [1.165, 1.54) is 0 Å². The van der Waals surface area contributed by atoms with Gasteiger partial charge in [0.05, 0.1) is 27.9 Å². The molecule has 0 aromatic heterocycles. The second kappa shape index (κ2) is 12.5. The second-order valence-corrected chi connectivity index (χ2v) is 8.45. The highest BCUT2D eigenvalue weighted by molar-refractivity contribution is 5.97. The molecule has 0 unspecified atom stereocenters. The molecular formula is C28H32N2O6. The monoisotopic (exact) mass is 492 g/mol. The zero-order valence-electron chi connectivity index (χ0n) is 21.2. The number of methoxy groups -OCH3 is 3. The molecule has 0 heterocycles. The van der Waals surface area contributed by atoms with Crippen LogP contribution in [0.15, 0.2) is 66.7 Å². The lowest BCUT2D eigenvalue weighted by atomic mass is 10.1. The quantitative estimate of drug-likeness (QED) is 0.380. The van der Waals surface area contributed by atoms with Crippen LogP contribution >= 0.6 is 0 Å². The number of carbonyl (C=O) groups excluding carboxylic acids is 2. The summed E-state index contributed by atoms with van der Waals surface area (Å²) in [7, 11) is 4.66. The lowest BCUT2D eigenvalue weighted by molar-refractivity contribution is 0.0883. The van der Waals surface area contributed by atoms with Crippen molar-refractivity contribution in [3.8, 4) is 23.0 Å². The molecule has 190 valence electrons. The zero-order chi connectivity index (χ0) is 26.1. The summed E-state index contributed by atoms with van der Waals surface area (Å²) in [5, 5.41) is 5.80. The van der Waals surface area contributed by atoms with Crippen LogP contribution < -0.4 is 29.6 Å². The Labute approximate surface area is 211 Å². The smallest absolute Gasteiger partial charge is 0.253 e. The second-order valence-electron chi connectivity index (χ2n) is 8.45. The van der Waals surface area contributed by atoms with Crippen LogP contribution in [-0.2, 0) is 0 Å². The fourth-order valence-electron chi connectivity index (χ4n) is 3.36. The molecule has 3 aromatic rings. The molecule has 0 spiro atoms. The third-order valence-electron chi connectivity index (χ3n) is 5.35. The molecule has 2 N–H and O–H groups in total. The minimum Gasteiger partial charge on any atom is -0.497 e. The van der Waals surface area contributed by atoms with E-state index < -0.39 is 6.17 Å². The van der Waals surface area contributed by atoms with E-state index in [4.69, 9.17) is 18.9 Å². The Morgan fingerprint density at radius 2 is 1.19 bits per heavy atom. The van der Waals surface area contributed by atoms with Gasteiger partial charge in [0.15, 0.2) is 11.5 Å². The summed E-state index contributed by atoms with van der Waals surface area (Å²) >= 11 is 0. The topological polar surface area (TPSA) is 95.1 Å². The maximum atomic E-state index is 13.1. The van der Waals surface area contributed by atoms with Gasteiger partial charge in [0.2, 0.25) is 0 Å².